The van der Waals surface area contributed by atoms with E-state index in [0.29, 0.717) is 47.0 Å². The number of aryl methyl sites for hydroxylation is 2. The van der Waals surface area contributed by atoms with Crippen LogP contribution in [0.5, 0.6) is 0 Å². The standard InChI is InChI=1S/C15H16ClN5O2/c1-8-6-21(7-13(22-8)15-20-19-10(3)23-15)14-12(16)4-11(5-17)9(2)18-14/h4,8,13H,6-7H2,1-3H3/t8-,13-/m1/s1. The van der Waals surface area contributed by atoms with Crippen LogP contribution < -0.4 is 4.90 Å². The monoisotopic (exact) mass is 333 g/mol. The van der Waals surface area contributed by atoms with Crippen LogP contribution in [0, 0.1) is 25.2 Å². The molecule has 2 atom stereocenters. The molecule has 1 aliphatic rings. The van der Waals surface area contributed by atoms with E-state index >= 15 is 0 Å². The first-order valence-corrected chi connectivity index (χ1v) is 7.63. The lowest BCUT2D eigenvalue weighted by Crippen LogP contribution is -2.43. The molecule has 3 rings (SSSR count). The van der Waals surface area contributed by atoms with Gasteiger partial charge in [0.25, 0.3) is 0 Å². The van der Waals surface area contributed by atoms with Gasteiger partial charge in [-0.1, -0.05) is 11.6 Å². The summed E-state index contributed by atoms with van der Waals surface area (Å²) < 4.78 is 11.4. The lowest BCUT2D eigenvalue weighted by Gasteiger charge is -2.36. The summed E-state index contributed by atoms with van der Waals surface area (Å²) >= 11 is 6.31. The first kappa shape index (κ1) is 15.7. The number of hydrogen-bond donors (Lipinski definition) is 0. The van der Waals surface area contributed by atoms with Crippen LogP contribution in [0.2, 0.25) is 5.02 Å². The minimum atomic E-state index is -0.339. The molecule has 8 heteroatoms. The highest BCUT2D eigenvalue weighted by atomic mass is 35.5. The van der Waals surface area contributed by atoms with Crippen molar-refractivity contribution in [1.29, 1.82) is 5.26 Å². The van der Waals surface area contributed by atoms with Gasteiger partial charge < -0.3 is 14.1 Å². The molecule has 2 aromatic rings. The van der Waals surface area contributed by atoms with Crippen molar-refractivity contribution in [2.24, 2.45) is 0 Å². The average Bonchev–Trinajstić information content (AvgIpc) is 2.95. The van der Waals surface area contributed by atoms with Crippen molar-refractivity contribution in [3.8, 4) is 6.07 Å². The molecule has 3 heterocycles. The third kappa shape index (κ3) is 3.14. The normalized spacial score (nSPS) is 21.3. The van der Waals surface area contributed by atoms with E-state index in [1.54, 1.807) is 19.9 Å². The van der Waals surface area contributed by atoms with Crippen molar-refractivity contribution < 1.29 is 9.15 Å². The van der Waals surface area contributed by atoms with Gasteiger partial charge in [0, 0.05) is 13.5 Å². The summed E-state index contributed by atoms with van der Waals surface area (Å²) in [6.45, 7) is 6.64. The quantitative estimate of drug-likeness (QED) is 0.834. The molecular formula is C15H16ClN5O2. The summed E-state index contributed by atoms with van der Waals surface area (Å²) in [5.41, 5.74) is 1.13. The van der Waals surface area contributed by atoms with Gasteiger partial charge in [-0.3, -0.25) is 0 Å². The lowest BCUT2D eigenvalue weighted by molar-refractivity contribution is -0.0313. The third-order valence-electron chi connectivity index (χ3n) is 3.65. The Balaban J connectivity index is 1.91. The number of hydrogen-bond acceptors (Lipinski definition) is 7. The van der Waals surface area contributed by atoms with E-state index in [4.69, 9.17) is 26.0 Å². The molecule has 1 saturated heterocycles. The molecule has 1 fully saturated rings. The Bertz CT molecular complexity index is 770. The number of pyridine rings is 1. The molecule has 23 heavy (non-hydrogen) atoms. The molecule has 120 valence electrons. The minimum Gasteiger partial charge on any atom is -0.423 e. The molecule has 1 aliphatic heterocycles. The molecule has 0 radical (unpaired) electrons. The Morgan fingerprint density at radius 3 is 2.78 bits per heavy atom. The molecular weight excluding hydrogens is 318 g/mol. The molecule has 0 spiro atoms. The number of aromatic nitrogens is 3. The summed E-state index contributed by atoms with van der Waals surface area (Å²) in [7, 11) is 0. The van der Waals surface area contributed by atoms with Crippen molar-refractivity contribution in [3.05, 3.63) is 34.1 Å². The number of rotatable bonds is 2. The largest absolute Gasteiger partial charge is 0.423 e. The van der Waals surface area contributed by atoms with Gasteiger partial charge in [-0.15, -0.1) is 10.2 Å². The van der Waals surface area contributed by atoms with Gasteiger partial charge in [-0.05, 0) is 19.9 Å². The highest BCUT2D eigenvalue weighted by Gasteiger charge is 2.31. The molecule has 0 bridgehead atoms. The third-order valence-corrected chi connectivity index (χ3v) is 3.92. The van der Waals surface area contributed by atoms with Crippen molar-refractivity contribution in [2.45, 2.75) is 33.0 Å². The second-order valence-corrected chi connectivity index (χ2v) is 5.95. The first-order valence-electron chi connectivity index (χ1n) is 7.25. The summed E-state index contributed by atoms with van der Waals surface area (Å²) in [6.07, 6.45) is -0.386. The number of ether oxygens (including phenoxy) is 1. The molecule has 0 aromatic carbocycles. The molecule has 7 nitrogen and oxygen atoms in total. The van der Waals surface area contributed by atoms with Crippen LogP contribution in [0.4, 0.5) is 5.82 Å². The average molecular weight is 334 g/mol. The van der Waals surface area contributed by atoms with Crippen LogP contribution in [0.3, 0.4) is 0 Å². The van der Waals surface area contributed by atoms with Crippen molar-refractivity contribution in [3.63, 3.8) is 0 Å². The van der Waals surface area contributed by atoms with Crippen LogP contribution in [0.15, 0.2) is 10.5 Å². The van der Waals surface area contributed by atoms with E-state index in [1.807, 2.05) is 11.8 Å². The highest BCUT2D eigenvalue weighted by Crippen LogP contribution is 2.32. The second kappa shape index (κ2) is 6.14. The number of nitrogens with zero attached hydrogens (tertiary/aromatic N) is 5. The molecule has 0 saturated carbocycles. The maximum Gasteiger partial charge on any atom is 0.247 e. The second-order valence-electron chi connectivity index (χ2n) is 5.54. The van der Waals surface area contributed by atoms with Crippen LogP contribution in [0.25, 0.3) is 0 Å². The molecule has 0 unspecified atom stereocenters. The maximum atomic E-state index is 9.07. The zero-order valence-corrected chi connectivity index (χ0v) is 13.8. The van der Waals surface area contributed by atoms with E-state index in [0.717, 1.165) is 0 Å². The van der Waals surface area contributed by atoms with Crippen molar-refractivity contribution in [1.82, 2.24) is 15.2 Å². The van der Waals surface area contributed by atoms with Gasteiger partial charge in [0.2, 0.25) is 11.8 Å². The van der Waals surface area contributed by atoms with Gasteiger partial charge in [0.15, 0.2) is 6.10 Å². The zero-order chi connectivity index (χ0) is 16.6. The SMILES string of the molecule is Cc1nnc([C@H]2CN(c3nc(C)c(C#N)cc3Cl)C[C@@H](C)O2)o1. The maximum absolute atomic E-state index is 9.07. The van der Waals surface area contributed by atoms with Crippen LogP contribution >= 0.6 is 11.6 Å². The van der Waals surface area contributed by atoms with E-state index < -0.39 is 0 Å². The number of anilines is 1. The van der Waals surface area contributed by atoms with E-state index in [2.05, 4.69) is 21.3 Å². The van der Waals surface area contributed by atoms with E-state index in [1.165, 1.54) is 0 Å². The Morgan fingerprint density at radius 2 is 2.13 bits per heavy atom. The van der Waals surface area contributed by atoms with Gasteiger partial charge in [0.05, 0.1) is 28.9 Å². The van der Waals surface area contributed by atoms with E-state index in [-0.39, 0.29) is 12.2 Å². The predicted molar refractivity (Wildman–Crippen MR) is 83.2 cm³/mol. The van der Waals surface area contributed by atoms with Crippen LogP contribution in [-0.4, -0.2) is 34.4 Å². The zero-order valence-electron chi connectivity index (χ0n) is 13.1. The highest BCUT2D eigenvalue weighted by molar-refractivity contribution is 6.33. The van der Waals surface area contributed by atoms with Crippen LogP contribution in [0.1, 0.15) is 36.1 Å². The van der Waals surface area contributed by atoms with Gasteiger partial charge in [-0.2, -0.15) is 5.26 Å². The molecule has 2 aromatic heterocycles. The fourth-order valence-corrected chi connectivity index (χ4v) is 2.88. The summed E-state index contributed by atoms with van der Waals surface area (Å²) in [5, 5.41) is 17.4. The summed E-state index contributed by atoms with van der Waals surface area (Å²) in [4.78, 5) is 6.51. The molecule has 0 aliphatic carbocycles. The smallest absolute Gasteiger partial charge is 0.247 e. The van der Waals surface area contributed by atoms with Crippen LogP contribution in [-0.2, 0) is 4.74 Å². The Kier molecular flexibility index (Phi) is 4.20. The van der Waals surface area contributed by atoms with Gasteiger partial charge in [0.1, 0.15) is 11.9 Å². The fraction of sp³-hybridized carbons (Fsp3) is 0.467. The number of halogens is 1. The summed E-state index contributed by atoms with van der Waals surface area (Å²) in [5.74, 6) is 1.58. The van der Waals surface area contributed by atoms with Gasteiger partial charge in [-0.25, -0.2) is 4.98 Å². The predicted octanol–water partition coefficient (Wildman–Crippen LogP) is 2.57. The topological polar surface area (TPSA) is 88.1 Å². The number of morpholine rings is 1. The Labute approximate surface area is 138 Å². The fourth-order valence-electron chi connectivity index (χ4n) is 2.61. The Hall–Kier alpha value is -2.17. The first-order chi connectivity index (χ1) is 11.0. The lowest BCUT2D eigenvalue weighted by atomic mass is 10.2. The molecule has 0 amide bonds. The molecule has 0 N–H and O–H groups in total. The minimum absolute atomic E-state index is 0.0465. The van der Waals surface area contributed by atoms with Crippen molar-refractivity contribution >= 4 is 17.4 Å². The van der Waals surface area contributed by atoms with Gasteiger partial charge >= 0.3 is 0 Å². The van der Waals surface area contributed by atoms with E-state index in [9.17, 15) is 0 Å². The van der Waals surface area contributed by atoms with Crippen molar-refractivity contribution in [2.75, 3.05) is 18.0 Å². The number of nitriles is 1. The Morgan fingerprint density at radius 1 is 1.35 bits per heavy atom. The summed E-state index contributed by atoms with van der Waals surface area (Å²) in [6, 6.07) is 3.73.